The Balaban J connectivity index is 0.000000142. The summed E-state index contributed by atoms with van der Waals surface area (Å²) < 4.78 is 0. The first-order chi connectivity index (χ1) is 48.6. The molecule has 2 heterocycles. The summed E-state index contributed by atoms with van der Waals surface area (Å²) >= 11 is 0. The highest BCUT2D eigenvalue weighted by Crippen LogP contribution is 2.64. The Labute approximate surface area is 569 Å². The normalized spacial score (nSPS) is 12.9. The van der Waals surface area contributed by atoms with Crippen LogP contribution < -0.4 is 0 Å². The van der Waals surface area contributed by atoms with Crippen LogP contribution in [0.1, 0.15) is 44.5 Å². The lowest BCUT2D eigenvalue weighted by Gasteiger charge is -2.34. The Kier molecular flexibility index (Phi) is 14.2. The minimum Gasteiger partial charge on any atom is -0.208 e. The molecule has 0 N–H and O–H groups in total. The average Bonchev–Trinajstić information content (AvgIpc) is 1.51. The van der Waals surface area contributed by atoms with Crippen molar-refractivity contribution in [1.29, 1.82) is 0 Å². The van der Waals surface area contributed by atoms with Crippen molar-refractivity contribution >= 4 is 0 Å². The fourth-order valence-electron chi connectivity index (χ4n) is 15.6. The Morgan fingerprint density at radius 2 is 0.378 bits per heavy atom. The third-order valence-corrected chi connectivity index (χ3v) is 19.8. The lowest BCUT2D eigenvalue weighted by atomic mass is 9.67. The summed E-state index contributed by atoms with van der Waals surface area (Å²) in [5.41, 5.74) is 27.7. The van der Waals surface area contributed by atoms with Crippen molar-refractivity contribution in [3.8, 4) is 124 Å². The number of benzene rings is 14. The number of rotatable bonds is 10. The fraction of sp³-hybridized carbons (Fsp3) is 0.0217. The highest BCUT2D eigenvalue weighted by atomic mass is 15.0. The Hall–Kier alpha value is -12.9. The molecule has 0 radical (unpaired) electrons. The van der Waals surface area contributed by atoms with Gasteiger partial charge in [0.25, 0.3) is 0 Å². The van der Waals surface area contributed by atoms with Crippen molar-refractivity contribution in [1.82, 2.24) is 29.9 Å². The molecule has 0 fully saturated rings. The molecule has 0 bridgehead atoms. The molecule has 0 saturated heterocycles. The van der Waals surface area contributed by atoms with E-state index in [1.54, 1.807) is 0 Å². The summed E-state index contributed by atoms with van der Waals surface area (Å²) in [5.74, 6) is 3.91. The Morgan fingerprint density at radius 1 is 0.153 bits per heavy atom. The van der Waals surface area contributed by atoms with Crippen LogP contribution in [0, 0.1) is 0 Å². The van der Waals surface area contributed by atoms with Gasteiger partial charge in [0, 0.05) is 33.4 Å². The zero-order valence-electron chi connectivity index (χ0n) is 53.3. The summed E-state index contributed by atoms with van der Waals surface area (Å²) in [6, 6.07) is 129. The van der Waals surface area contributed by atoms with Crippen molar-refractivity contribution < 1.29 is 0 Å². The van der Waals surface area contributed by atoms with Gasteiger partial charge >= 0.3 is 0 Å². The maximum absolute atomic E-state index is 5.03. The summed E-state index contributed by atoms with van der Waals surface area (Å²) in [6.07, 6.45) is 0. The molecule has 3 aliphatic rings. The lowest BCUT2D eigenvalue weighted by Crippen LogP contribution is -2.28. The van der Waals surface area contributed by atoms with Gasteiger partial charge in [-0.15, -0.1) is 0 Å². The van der Waals surface area contributed by atoms with E-state index in [1.807, 2.05) is 121 Å². The van der Waals surface area contributed by atoms with Crippen LogP contribution in [0.2, 0.25) is 0 Å². The predicted octanol–water partition coefficient (Wildman–Crippen LogP) is 21.8. The SMILES string of the molecule is c1ccc(-c2nc(-c3ccccc3)nc(-c3cccc(-c4cccc5c4-c4ccccc4C5(c4ccccc4)c4ccccc4)c3)n2)cc1.c1ccc(-c2nc(-c3ccccc3)nc(-c3cccc(-c4cccc5c4-c4ccccc4C54c5ccccc5-c5ccccc54)c3)n2)cc1. The molecule has 2 aromatic heterocycles. The molecule has 0 saturated carbocycles. The van der Waals surface area contributed by atoms with E-state index >= 15 is 0 Å². The molecule has 19 rings (SSSR count). The molecule has 6 nitrogen and oxygen atoms in total. The van der Waals surface area contributed by atoms with Crippen LogP contribution in [-0.2, 0) is 10.8 Å². The third kappa shape index (κ3) is 9.48. The molecule has 0 atom stereocenters. The topological polar surface area (TPSA) is 77.3 Å². The smallest absolute Gasteiger partial charge is 0.164 e. The van der Waals surface area contributed by atoms with Crippen LogP contribution in [-0.4, -0.2) is 29.9 Å². The summed E-state index contributed by atoms with van der Waals surface area (Å²) in [6.45, 7) is 0. The Morgan fingerprint density at radius 3 is 0.735 bits per heavy atom. The minimum absolute atomic E-state index is 0.379. The zero-order chi connectivity index (χ0) is 65.0. The molecule has 0 aliphatic heterocycles. The van der Waals surface area contributed by atoms with E-state index in [0.717, 1.165) is 44.5 Å². The van der Waals surface area contributed by atoms with E-state index in [0.29, 0.717) is 34.9 Å². The average molecular weight is 1250 g/mol. The first-order valence-corrected chi connectivity index (χ1v) is 33.3. The van der Waals surface area contributed by atoms with Gasteiger partial charge < -0.3 is 0 Å². The van der Waals surface area contributed by atoms with Gasteiger partial charge in [-0.05, 0) is 112 Å². The van der Waals surface area contributed by atoms with Crippen LogP contribution in [0.3, 0.4) is 0 Å². The van der Waals surface area contributed by atoms with Crippen LogP contribution >= 0.6 is 0 Å². The summed E-state index contributed by atoms with van der Waals surface area (Å²) in [7, 11) is 0. The molecule has 1 spiro atoms. The number of fused-ring (bicyclic) bond motifs is 13. The second-order valence-corrected chi connectivity index (χ2v) is 25.1. The monoisotopic (exact) mass is 1250 g/mol. The zero-order valence-corrected chi connectivity index (χ0v) is 53.3. The summed E-state index contributed by atoms with van der Waals surface area (Å²) in [5, 5.41) is 0. The maximum Gasteiger partial charge on any atom is 0.164 e. The van der Waals surface area contributed by atoms with E-state index in [-0.39, 0.29) is 5.41 Å². The molecule has 458 valence electrons. The third-order valence-electron chi connectivity index (χ3n) is 19.8. The van der Waals surface area contributed by atoms with Crippen molar-refractivity contribution in [2.45, 2.75) is 10.8 Å². The molecular formula is C92H60N6. The van der Waals surface area contributed by atoms with Gasteiger partial charge in [-0.1, -0.05) is 352 Å². The highest BCUT2D eigenvalue weighted by molar-refractivity contribution is 6.01. The second-order valence-electron chi connectivity index (χ2n) is 25.1. The molecule has 6 heteroatoms. The molecular weight excluding hydrogens is 1190 g/mol. The van der Waals surface area contributed by atoms with Gasteiger partial charge in [-0.25, -0.2) is 29.9 Å². The van der Waals surface area contributed by atoms with Gasteiger partial charge in [0.2, 0.25) is 0 Å². The van der Waals surface area contributed by atoms with E-state index in [9.17, 15) is 0 Å². The molecule has 3 aliphatic carbocycles. The van der Waals surface area contributed by atoms with E-state index in [1.165, 1.54) is 89.0 Å². The standard InChI is InChI=1S/C46H29N3.C46H31N3/c1-3-15-30(16-4-1)43-47-44(31-17-5-2-6-18-31)49-45(48-43)33-20-13-19-32(29-33)34-24-14-28-41-42(34)37-23-9-12-27-40(37)46(41)38-25-10-7-21-35(38)36-22-8-11-26-39(36)46;1-5-17-32(18-6-1)43-47-44(33-19-7-2-8-20-33)49-45(48-43)35-22-15-21-34(31-35)38-28-16-30-41-42(38)39-27-13-14-29-40(39)46(41,36-23-9-3-10-24-36)37-25-11-4-12-26-37/h1-29H;1-31H. The summed E-state index contributed by atoms with van der Waals surface area (Å²) in [4.78, 5) is 29.9. The van der Waals surface area contributed by atoms with Crippen LogP contribution in [0.4, 0.5) is 0 Å². The predicted molar refractivity (Wildman–Crippen MR) is 397 cm³/mol. The first kappa shape index (κ1) is 57.7. The van der Waals surface area contributed by atoms with Gasteiger partial charge in [0.1, 0.15) is 0 Å². The molecule has 14 aromatic carbocycles. The van der Waals surface area contributed by atoms with Crippen LogP contribution in [0.5, 0.6) is 0 Å². The van der Waals surface area contributed by atoms with E-state index in [4.69, 9.17) is 29.9 Å². The molecule has 98 heavy (non-hydrogen) atoms. The number of hydrogen-bond acceptors (Lipinski definition) is 6. The highest BCUT2D eigenvalue weighted by Gasteiger charge is 2.52. The fourth-order valence-corrected chi connectivity index (χ4v) is 15.6. The van der Waals surface area contributed by atoms with E-state index < -0.39 is 5.41 Å². The first-order valence-electron chi connectivity index (χ1n) is 33.3. The molecule has 0 amide bonds. The van der Waals surface area contributed by atoms with Crippen LogP contribution in [0.25, 0.3) is 124 Å². The van der Waals surface area contributed by atoms with Crippen molar-refractivity contribution in [2.24, 2.45) is 0 Å². The number of aromatic nitrogens is 6. The van der Waals surface area contributed by atoms with Gasteiger partial charge in [-0.2, -0.15) is 0 Å². The van der Waals surface area contributed by atoms with Crippen LogP contribution in [0.15, 0.2) is 364 Å². The molecule has 16 aromatic rings. The van der Waals surface area contributed by atoms with Crippen molar-refractivity contribution in [2.75, 3.05) is 0 Å². The van der Waals surface area contributed by atoms with Crippen molar-refractivity contribution in [3.63, 3.8) is 0 Å². The van der Waals surface area contributed by atoms with E-state index in [2.05, 4.69) is 243 Å². The number of nitrogens with zero attached hydrogens (tertiary/aromatic N) is 6. The Bertz CT molecular complexity index is 5220. The quantitative estimate of drug-likeness (QED) is 0.136. The van der Waals surface area contributed by atoms with Gasteiger partial charge in [-0.3, -0.25) is 0 Å². The largest absolute Gasteiger partial charge is 0.208 e. The molecule has 0 unspecified atom stereocenters. The lowest BCUT2D eigenvalue weighted by molar-refractivity contribution is 0.768. The van der Waals surface area contributed by atoms with Gasteiger partial charge in [0.15, 0.2) is 34.9 Å². The van der Waals surface area contributed by atoms with Gasteiger partial charge in [0.05, 0.1) is 10.8 Å². The maximum atomic E-state index is 5.03. The minimum atomic E-state index is -0.453. The van der Waals surface area contributed by atoms with Crippen molar-refractivity contribution in [3.05, 3.63) is 408 Å². The second kappa shape index (κ2) is 24.1. The number of hydrogen-bond donors (Lipinski definition) is 0.